The third kappa shape index (κ3) is 2.44. The van der Waals surface area contributed by atoms with E-state index in [0.29, 0.717) is 17.0 Å². The molecule has 3 aromatic rings. The number of halogens is 1. The summed E-state index contributed by atoms with van der Waals surface area (Å²) in [5, 5.41) is 3.72. The predicted octanol–water partition coefficient (Wildman–Crippen LogP) is 4.04. The minimum Gasteiger partial charge on any atom is -0.373 e. The fourth-order valence-electron chi connectivity index (χ4n) is 2.46. The third-order valence-corrected chi connectivity index (χ3v) is 3.53. The molecule has 0 saturated carbocycles. The Kier molecular flexibility index (Phi) is 3.52. The van der Waals surface area contributed by atoms with Gasteiger partial charge in [-0.3, -0.25) is 0 Å². The average Bonchev–Trinajstić information content (AvgIpc) is 2.53. The number of anilines is 1. The molecule has 0 atom stereocenters. The Balaban J connectivity index is 2.27. The first kappa shape index (κ1) is 13.5. The molecule has 1 N–H and O–H groups in total. The smallest absolute Gasteiger partial charge is 0.162 e. The van der Waals surface area contributed by atoms with Crippen LogP contribution in [0.2, 0.25) is 0 Å². The van der Waals surface area contributed by atoms with Gasteiger partial charge in [-0.05, 0) is 30.2 Å². The maximum Gasteiger partial charge on any atom is 0.162 e. The van der Waals surface area contributed by atoms with E-state index >= 15 is 0 Å². The van der Waals surface area contributed by atoms with Crippen LogP contribution in [0.5, 0.6) is 0 Å². The lowest BCUT2D eigenvalue weighted by Gasteiger charge is -2.10. The fraction of sp³-hybridized carbons (Fsp3) is 0.176. The molecule has 106 valence electrons. The van der Waals surface area contributed by atoms with Crippen LogP contribution in [0.3, 0.4) is 0 Å². The van der Waals surface area contributed by atoms with Gasteiger partial charge >= 0.3 is 0 Å². The maximum absolute atomic E-state index is 13.4. The fourth-order valence-corrected chi connectivity index (χ4v) is 2.46. The van der Waals surface area contributed by atoms with Gasteiger partial charge < -0.3 is 5.32 Å². The van der Waals surface area contributed by atoms with Crippen molar-refractivity contribution < 1.29 is 4.39 Å². The quantitative estimate of drug-likeness (QED) is 0.787. The Hall–Kier alpha value is -2.49. The van der Waals surface area contributed by atoms with Gasteiger partial charge in [-0.15, -0.1) is 0 Å². The molecule has 0 fully saturated rings. The predicted molar refractivity (Wildman–Crippen MR) is 83.9 cm³/mol. The van der Waals surface area contributed by atoms with Gasteiger partial charge in [0.15, 0.2) is 5.82 Å². The standard InChI is InChI=1S/C17H16FN3/c1-3-11-6-4-5-7-13(11)17-20-15-9-8-12(18)10-14(15)16(19-2)21-17/h4-10H,3H2,1-2H3,(H,19,20,21). The molecular weight excluding hydrogens is 265 g/mol. The van der Waals surface area contributed by atoms with E-state index in [4.69, 9.17) is 0 Å². The molecule has 0 bridgehead atoms. The Bertz CT molecular complexity index is 799. The highest BCUT2D eigenvalue weighted by Crippen LogP contribution is 2.27. The summed E-state index contributed by atoms with van der Waals surface area (Å²) in [6.07, 6.45) is 0.913. The van der Waals surface area contributed by atoms with Gasteiger partial charge in [-0.25, -0.2) is 14.4 Å². The second-order valence-corrected chi connectivity index (χ2v) is 4.82. The monoisotopic (exact) mass is 281 g/mol. The molecule has 1 heterocycles. The summed E-state index contributed by atoms with van der Waals surface area (Å²) in [6, 6.07) is 12.6. The van der Waals surface area contributed by atoms with E-state index in [9.17, 15) is 4.39 Å². The number of rotatable bonds is 3. The largest absolute Gasteiger partial charge is 0.373 e. The summed E-state index contributed by atoms with van der Waals surface area (Å²) >= 11 is 0. The summed E-state index contributed by atoms with van der Waals surface area (Å²) in [5.41, 5.74) is 2.94. The summed E-state index contributed by atoms with van der Waals surface area (Å²) in [5.74, 6) is 1.01. The lowest BCUT2D eigenvalue weighted by Crippen LogP contribution is -2.00. The van der Waals surface area contributed by atoms with Crippen LogP contribution in [0.1, 0.15) is 12.5 Å². The van der Waals surface area contributed by atoms with Gasteiger partial charge in [0.1, 0.15) is 11.6 Å². The highest BCUT2D eigenvalue weighted by atomic mass is 19.1. The highest BCUT2D eigenvalue weighted by Gasteiger charge is 2.11. The molecule has 21 heavy (non-hydrogen) atoms. The first-order chi connectivity index (χ1) is 10.2. The van der Waals surface area contributed by atoms with Crippen molar-refractivity contribution in [3.8, 4) is 11.4 Å². The van der Waals surface area contributed by atoms with Crippen LogP contribution in [0.15, 0.2) is 42.5 Å². The van der Waals surface area contributed by atoms with Crippen molar-refractivity contribution >= 4 is 16.7 Å². The molecule has 0 amide bonds. The van der Waals surface area contributed by atoms with Crippen LogP contribution in [0, 0.1) is 5.82 Å². The van der Waals surface area contributed by atoms with Gasteiger partial charge in [0.25, 0.3) is 0 Å². The van der Waals surface area contributed by atoms with Crippen molar-refractivity contribution in [2.24, 2.45) is 0 Å². The van der Waals surface area contributed by atoms with E-state index in [2.05, 4.69) is 28.3 Å². The van der Waals surface area contributed by atoms with E-state index in [0.717, 1.165) is 17.5 Å². The molecule has 0 aliphatic heterocycles. The van der Waals surface area contributed by atoms with Crippen molar-refractivity contribution in [3.63, 3.8) is 0 Å². The number of nitrogens with zero attached hydrogens (tertiary/aromatic N) is 2. The van der Waals surface area contributed by atoms with Crippen LogP contribution in [-0.2, 0) is 6.42 Å². The molecule has 0 saturated heterocycles. The molecule has 2 aromatic carbocycles. The average molecular weight is 281 g/mol. The zero-order valence-electron chi connectivity index (χ0n) is 12.0. The normalized spacial score (nSPS) is 10.8. The van der Waals surface area contributed by atoms with Crippen molar-refractivity contribution in [3.05, 3.63) is 53.8 Å². The van der Waals surface area contributed by atoms with Gasteiger partial charge in [-0.2, -0.15) is 0 Å². The second-order valence-electron chi connectivity index (χ2n) is 4.82. The molecule has 4 heteroatoms. The van der Waals surface area contributed by atoms with Crippen LogP contribution in [0.25, 0.3) is 22.3 Å². The molecule has 0 aliphatic rings. The van der Waals surface area contributed by atoms with Gasteiger partial charge in [0.2, 0.25) is 0 Å². The Labute approximate surface area is 122 Å². The number of nitrogens with one attached hydrogen (secondary N) is 1. The highest BCUT2D eigenvalue weighted by molar-refractivity contribution is 5.90. The Morgan fingerprint density at radius 3 is 2.67 bits per heavy atom. The molecular formula is C17H16FN3. The summed E-state index contributed by atoms with van der Waals surface area (Å²) < 4.78 is 13.4. The summed E-state index contributed by atoms with van der Waals surface area (Å²) in [7, 11) is 1.78. The first-order valence-electron chi connectivity index (χ1n) is 6.96. The van der Waals surface area contributed by atoms with Crippen LogP contribution in [-0.4, -0.2) is 17.0 Å². The SMILES string of the molecule is CCc1ccccc1-c1nc(NC)c2cc(F)ccc2n1. The lowest BCUT2D eigenvalue weighted by atomic mass is 10.0. The second kappa shape index (κ2) is 5.48. The van der Waals surface area contributed by atoms with Gasteiger partial charge in [-0.1, -0.05) is 31.2 Å². The van der Waals surface area contributed by atoms with E-state index in [-0.39, 0.29) is 5.82 Å². The number of benzene rings is 2. The maximum atomic E-state index is 13.4. The van der Waals surface area contributed by atoms with Crippen LogP contribution >= 0.6 is 0 Å². The summed E-state index contributed by atoms with van der Waals surface area (Å²) in [4.78, 5) is 9.14. The van der Waals surface area contributed by atoms with E-state index < -0.39 is 0 Å². The van der Waals surface area contributed by atoms with Crippen LogP contribution < -0.4 is 5.32 Å². The van der Waals surface area contributed by atoms with Gasteiger partial charge in [0, 0.05) is 18.0 Å². The van der Waals surface area contributed by atoms with Crippen LogP contribution in [0.4, 0.5) is 10.2 Å². The molecule has 3 nitrogen and oxygen atoms in total. The summed E-state index contributed by atoms with van der Waals surface area (Å²) in [6.45, 7) is 2.11. The number of fused-ring (bicyclic) bond motifs is 1. The molecule has 1 aromatic heterocycles. The number of hydrogen-bond donors (Lipinski definition) is 1. The Morgan fingerprint density at radius 1 is 1.10 bits per heavy atom. The van der Waals surface area contributed by atoms with Gasteiger partial charge in [0.05, 0.1) is 5.52 Å². The Morgan fingerprint density at radius 2 is 1.90 bits per heavy atom. The first-order valence-corrected chi connectivity index (χ1v) is 6.96. The minimum absolute atomic E-state index is 0.288. The van der Waals surface area contributed by atoms with E-state index in [1.807, 2.05) is 18.2 Å². The molecule has 0 aliphatic carbocycles. The zero-order chi connectivity index (χ0) is 14.8. The zero-order valence-corrected chi connectivity index (χ0v) is 12.0. The number of hydrogen-bond acceptors (Lipinski definition) is 3. The number of aryl methyl sites for hydroxylation is 1. The molecule has 0 spiro atoms. The topological polar surface area (TPSA) is 37.8 Å². The van der Waals surface area contributed by atoms with E-state index in [1.165, 1.54) is 17.7 Å². The molecule has 0 radical (unpaired) electrons. The minimum atomic E-state index is -0.288. The molecule has 0 unspecified atom stereocenters. The molecule has 3 rings (SSSR count). The lowest BCUT2D eigenvalue weighted by molar-refractivity contribution is 0.629. The van der Waals surface area contributed by atoms with E-state index in [1.54, 1.807) is 13.1 Å². The van der Waals surface area contributed by atoms with Crippen molar-refractivity contribution in [1.29, 1.82) is 0 Å². The number of aromatic nitrogens is 2. The van der Waals surface area contributed by atoms with Crippen molar-refractivity contribution in [2.75, 3.05) is 12.4 Å². The van der Waals surface area contributed by atoms with Crippen molar-refractivity contribution in [2.45, 2.75) is 13.3 Å². The third-order valence-electron chi connectivity index (χ3n) is 3.53. The van der Waals surface area contributed by atoms with Crippen molar-refractivity contribution in [1.82, 2.24) is 9.97 Å².